The van der Waals surface area contributed by atoms with Gasteiger partial charge in [0.15, 0.2) is 0 Å². The Morgan fingerprint density at radius 1 is 1.22 bits per heavy atom. The molecule has 0 bridgehead atoms. The SMILES string of the molecule is C[N+]1(C(=O)c2nnc3n2CCNC3)CCNCC1. The number of piperazine rings is 1. The molecule has 7 heteroatoms. The molecule has 2 aliphatic heterocycles. The van der Waals surface area contributed by atoms with Gasteiger partial charge < -0.3 is 15.2 Å². The molecule has 0 saturated carbocycles. The number of hydrogen-bond donors (Lipinski definition) is 2. The first-order chi connectivity index (χ1) is 8.71. The standard InChI is InChI=1S/C11H19N6O/c1-17(6-3-12-4-7-17)11(18)10-15-14-9-8-13-2-5-16(9)10/h12-13H,2-8H2,1H3/q+1. The first kappa shape index (κ1) is 11.8. The Kier molecular flexibility index (Phi) is 2.89. The van der Waals surface area contributed by atoms with Gasteiger partial charge in [0.1, 0.15) is 5.82 Å². The van der Waals surface area contributed by atoms with E-state index < -0.39 is 0 Å². The summed E-state index contributed by atoms with van der Waals surface area (Å²) in [4.78, 5) is 12.7. The van der Waals surface area contributed by atoms with Gasteiger partial charge in [0.05, 0.1) is 26.7 Å². The highest BCUT2D eigenvalue weighted by Gasteiger charge is 2.38. The Morgan fingerprint density at radius 3 is 2.78 bits per heavy atom. The molecule has 0 aliphatic carbocycles. The van der Waals surface area contributed by atoms with Crippen LogP contribution in [0.25, 0.3) is 0 Å². The van der Waals surface area contributed by atoms with Crippen molar-refractivity contribution in [2.45, 2.75) is 13.1 Å². The average molecular weight is 251 g/mol. The lowest BCUT2D eigenvalue weighted by Gasteiger charge is -2.34. The molecule has 18 heavy (non-hydrogen) atoms. The first-order valence-electron chi connectivity index (χ1n) is 6.44. The van der Waals surface area contributed by atoms with Crippen LogP contribution in [0.5, 0.6) is 0 Å². The van der Waals surface area contributed by atoms with Crippen LogP contribution in [0.2, 0.25) is 0 Å². The van der Waals surface area contributed by atoms with Crippen molar-refractivity contribution in [3.8, 4) is 0 Å². The number of likely N-dealkylation sites (N-methyl/N-ethyl adjacent to an activating group) is 1. The largest absolute Gasteiger partial charge is 0.383 e. The van der Waals surface area contributed by atoms with Crippen LogP contribution < -0.4 is 10.6 Å². The molecule has 0 atom stereocenters. The quantitative estimate of drug-likeness (QED) is 0.599. The third-order valence-electron chi connectivity index (χ3n) is 3.87. The number of rotatable bonds is 1. The lowest BCUT2D eigenvalue weighted by molar-refractivity contribution is -0.831. The highest BCUT2D eigenvalue weighted by Crippen LogP contribution is 2.14. The zero-order chi connectivity index (χ0) is 12.6. The van der Waals surface area contributed by atoms with Crippen LogP contribution in [0, 0.1) is 0 Å². The fourth-order valence-electron chi connectivity index (χ4n) is 2.58. The minimum Gasteiger partial charge on any atom is -0.308 e. The van der Waals surface area contributed by atoms with E-state index in [2.05, 4.69) is 20.8 Å². The number of amides is 1. The molecule has 0 radical (unpaired) electrons. The first-order valence-corrected chi connectivity index (χ1v) is 6.44. The monoisotopic (exact) mass is 251 g/mol. The molecule has 1 aromatic heterocycles. The van der Waals surface area contributed by atoms with Crippen molar-refractivity contribution < 1.29 is 9.28 Å². The van der Waals surface area contributed by atoms with Gasteiger partial charge in [0.25, 0.3) is 5.82 Å². The van der Waals surface area contributed by atoms with Crippen molar-refractivity contribution >= 4 is 5.91 Å². The smallest absolute Gasteiger partial charge is 0.308 e. The normalized spacial score (nSPS) is 22.5. The number of fused-ring (bicyclic) bond motifs is 1. The van der Waals surface area contributed by atoms with E-state index in [-0.39, 0.29) is 5.91 Å². The molecule has 98 valence electrons. The molecule has 1 saturated heterocycles. The van der Waals surface area contributed by atoms with E-state index in [9.17, 15) is 4.79 Å². The van der Waals surface area contributed by atoms with Crippen molar-refractivity contribution in [3.05, 3.63) is 11.6 Å². The molecular formula is C11H19N6O+. The maximum atomic E-state index is 12.7. The van der Waals surface area contributed by atoms with Crippen LogP contribution in [0.4, 0.5) is 0 Å². The number of nitrogens with one attached hydrogen (secondary N) is 2. The Labute approximate surface area is 106 Å². The molecule has 0 aromatic carbocycles. The molecule has 7 nitrogen and oxygen atoms in total. The maximum absolute atomic E-state index is 12.7. The van der Waals surface area contributed by atoms with E-state index in [0.29, 0.717) is 16.9 Å². The summed E-state index contributed by atoms with van der Waals surface area (Å²) in [7, 11) is 1.99. The zero-order valence-electron chi connectivity index (χ0n) is 10.6. The number of carbonyl (C=O) groups is 1. The molecule has 0 unspecified atom stereocenters. The van der Waals surface area contributed by atoms with Crippen LogP contribution >= 0.6 is 0 Å². The predicted octanol–water partition coefficient (Wildman–Crippen LogP) is -1.43. The van der Waals surface area contributed by atoms with E-state index in [0.717, 1.165) is 45.1 Å². The summed E-state index contributed by atoms with van der Waals surface area (Å²) in [6.45, 7) is 5.75. The molecule has 2 N–H and O–H groups in total. The number of carbonyl (C=O) groups excluding carboxylic acids is 1. The second-order valence-corrected chi connectivity index (χ2v) is 5.17. The van der Waals surface area contributed by atoms with Gasteiger partial charge in [-0.2, -0.15) is 0 Å². The number of quaternary nitrogens is 1. The lowest BCUT2D eigenvalue weighted by atomic mass is 10.2. The van der Waals surface area contributed by atoms with Crippen molar-refractivity contribution in [1.82, 2.24) is 25.4 Å². The van der Waals surface area contributed by atoms with Gasteiger partial charge in [-0.1, -0.05) is 0 Å². The Balaban J connectivity index is 1.90. The van der Waals surface area contributed by atoms with Crippen LogP contribution in [-0.2, 0) is 13.1 Å². The summed E-state index contributed by atoms with van der Waals surface area (Å²) >= 11 is 0. The van der Waals surface area contributed by atoms with Gasteiger partial charge in [0, 0.05) is 26.2 Å². The van der Waals surface area contributed by atoms with E-state index in [1.165, 1.54) is 0 Å². The van der Waals surface area contributed by atoms with Crippen molar-refractivity contribution in [2.75, 3.05) is 39.8 Å². The zero-order valence-corrected chi connectivity index (χ0v) is 10.6. The van der Waals surface area contributed by atoms with E-state index in [1.807, 2.05) is 11.6 Å². The van der Waals surface area contributed by atoms with Gasteiger partial charge in [-0.3, -0.25) is 4.48 Å². The maximum Gasteiger partial charge on any atom is 0.383 e. The third-order valence-corrected chi connectivity index (χ3v) is 3.87. The number of aromatic nitrogens is 3. The molecule has 3 heterocycles. The fourth-order valence-corrected chi connectivity index (χ4v) is 2.58. The summed E-state index contributed by atoms with van der Waals surface area (Å²) < 4.78 is 2.39. The minimum absolute atomic E-state index is 0.0946. The molecule has 1 fully saturated rings. The fraction of sp³-hybridized carbons (Fsp3) is 0.727. The summed E-state index contributed by atoms with van der Waals surface area (Å²) in [5.74, 6) is 1.49. The lowest BCUT2D eigenvalue weighted by Crippen LogP contribution is -2.59. The van der Waals surface area contributed by atoms with E-state index in [1.54, 1.807) is 0 Å². The summed E-state index contributed by atoms with van der Waals surface area (Å²) in [6.07, 6.45) is 0. The van der Waals surface area contributed by atoms with Crippen LogP contribution in [-0.4, -0.2) is 64.9 Å². The van der Waals surface area contributed by atoms with Crippen molar-refractivity contribution in [1.29, 1.82) is 0 Å². The highest BCUT2D eigenvalue weighted by atomic mass is 16.2. The Morgan fingerprint density at radius 2 is 2.00 bits per heavy atom. The van der Waals surface area contributed by atoms with Gasteiger partial charge in [-0.05, 0) is 0 Å². The van der Waals surface area contributed by atoms with Gasteiger partial charge in [0.2, 0.25) is 0 Å². The second-order valence-electron chi connectivity index (χ2n) is 5.17. The third kappa shape index (κ3) is 1.84. The summed E-state index contributed by atoms with van der Waals surface area (Å²) in [5, 5.41) is 14.7. The summed E-state index contributed by atoms with van der Waals surface area (Å²) in [5.41, 5.74) is 0. The molecule has 1 aromatic rings. The van der Waals surface area contributed by atoms with Crippen molar-refractivity contribution in [3.63, 3.8) is 0 Å². The number of hydrogen-bond acceptors (Lipinski definition) is 5. The predicted molar refractivity (Wildman–Crippen MR) is 64.8 cm³/mol. The topological polar surface area (TPSA) is 71.8 Å². The van der Waals surface area contributed by atoms with E-state index in [4.69, 9.17) is 0 Å². The summed E-state index contributed by atoms with van der Waals surface area (Å²) in [6, 6.07) is 0. The van der Waals surface area contributed by atoms with E-state index >= 15 is 0 Å². The average Bonchev–Trinajstić information content (AvgIpc) is 2.82. The minimum atomic E-state index is 0.0946. The van der Waals surface area contributed by atoms with Crippen LogP contribution in [0.1, 0.15) is 16.4 Å². The van der Waals surface area contributed by atoms with Crippen molar-refractivity contribution in [2.24, 2.45) is 0 Å². The highest BCUT2D eigenvalue weighted by molar-refractivity contribution is 5.85. The van der Waals surface area contributed by atoms with Crippen LogP contribution in [0.15, 0.2) is 0 Å². The Bertz CT molecular complexity index is 462. The van der Waals surface area contributed by atoms with Gasteiger partial charge >= 0.3 is 5.91 Å². The molecule has 2 aliphatic rings. The Hall–Kier alpha value is -1.31. The molecular weight excluding hydrogens is 232 g/mol. The van der Waals surface area contributed by atoms with Gasteiger partial charge in [-0.15, -0.1) is 10.2 Å². The van der Waals surface area contributed by atoms with Crippen LogP contribution in [0.3, 0.4) is 0 Å². The molecule has 0 spiro atoms. The van der Waals surface area contributed by atoms with Gasteiger partial charge in [-0.25, -0.2) is 4.79 Å². The number of nitrogens with zero attached hydrogens (tertiary/aromatic N) is 4. The second kappa shape index (κ2) is 4.42. The molecule has 3 rings (SSSR count). The molecule has 1 amide bonds.